The third-order valence-corrected chi connectivity index (χ3v) is 4.62. The fraction of sp³-hybridized carbons (Fsp3) is 0.267. The average Bonchev–Trinajstić information content (AvgIpc) is 3.06. The predicted molar refractivity (Wildman–Crippen MR) is 84.4 cm³/mol. The summed E-state index contributed by atoms with van der Waals surface area (Å²) in [6, 6.07) is 8.83. The number of halogens is 2. The predicted octanol–water partition coefficient (Wildman–Crippen LogP) is 1.46. The van der Waals surface area contributed by atoms with Gasteiger partial charge in [-0.25, -0.2) is 21.9 Å². The number of hydrogen-bond donors (Lipinski definition) is 2. The van der Waals surface area contributed by atoms with E-state index < -0.39 is 23.0 Å². The van der Waals surface area contributed by atoms with Crippen molar-refractivity contribution < 1.29 is 22.0 Å². The van der Waals surface area contributed by atoms with Gasteiger partial charge in [0.2, 0.25) is 10.0 Å². The molecule has 6 nitrogen and oxygen atoms in total. The van der Waals surface area contributed by atoms with Crippen molar-refractivity contribution in [1.82, 2.24) is 14.6 Å². The topological polar surface area (TPSA) is 80.2 Å². The molecule has 0 aliphatic rings. The van der Waals surface area contributed by atoms with Crippen LogP contribution in [0.2, 0.25) is 0 Å². The average molecular weight is 357 g/mol. The summed E-state index contributed by atoms with van der Waals surface area (Å²) in [6.45, 7) is 0.0796. The first kappa shape index (κ1) is 18.1. The van der Waals surface area contributed by atoms with E-state index in [1.54, 1.807) is 4.72 Å². The number of nitrogens with zero attached hydrogens (tertiary/aromatic N) is 1. The highest BCUT2D eigenvalue weighted by atomic mass is 32.2. The van der Waals surface area contributed by atoms with E-state index >= 15 is 0 Å². The number of alkyl halides is 2. The third-order valence-electron chi connectivity index (χ3n) is 3.18. The van der Waals surface area contributed by atoms with Crippen molar-refractivity contribution >= 4 is 15.9 Å². The number of benzene rings is 1. The molecule has 0 aliphatic carbocycles. The van der Waals surface area contributed by atoms with Crippen molar-refractivity contribution in [3.8, 4) is 0 Å². The quantitative estimate of drug-likeness (QED) is 0.751. The zero-order valence-electron chi connectivity index (χ0n) is 12.7. The molecule has 2 aromatic rings. The Morgan fingerprint density at radius 3 is 2.33 bits per heavy atom. The number of carbonyl (C=O) groups is 1. The molecule has 1 aromatic carbocycles. The number of nitrogens with one attached hydrogen (secondary N) is 2. The van der Waals surface area contributed by atoms with Crippen LogP contribution in [0, 0.1) is 0 Å². The van der Waals surface area contributed by atoms with Crippen molar-refractivity contribution in [2.75, 3.05) is 13.1 Å². The summed E-state index contributed by atoms with van der Waals surface area (Å²) in [5, 5.41) is 2.71. The summed E-state index contributed by atoms with van der Waals surface area (Å²) in [5.41, 5.74) is 0.287. The smallest absolute Gasteiger partial charge is 0.251 e. The van der Waals surface area contributed by atoms with Gasteiger partial charge in [0.25, 0.3) is 12.3 Å². The SMILES string of the molecule is O=C(NCCn1cccc1)c1ccc(S(=O)(=O)NCC(F)F)cc1. The molecule has 1 heterocycles. The molecule has 1 amide bonds. The molecular weight excluding hydrogens is 340 g/mol. The van der Waals surface area contributed by atoms with Crippen LogP contribution in [0.5, 0.6) is 0 Å². The fourth-order valence-corrected chi connectivity index (χ4v) is 2.97. The summed E-state index contributed by atoms with van der Waals surface area (Å²) >= 11 is 0. The maximum absolute atomic E-state index is 12.1. The summed E-state index contributed by atoms with van der Waals surface area (Å²) in [4.78, 5) is 11.8. The van der Waals surface area contributed by atoms with E-state index in [9.17, 15) is 22.0 Å². The number of aromatic nitrogens is 1. The molecule has 0 saturated carbocycles. The molecule has 0 bridgehead atoms. The molecule has 24 heavy (non-hydrogen) atoms. The zero-order valence-corrected chi connectivity index (χ0v) is 13.5. The highest BCUT2D eigenvalue weighted by molar-refractivity contribution is 7.89. The lowest BCUT2D eigenvalue weighted by molar-refractivity contribution is 0.0952. The van der Waals surface area contributed by atoms with Crippen molar-refractivity contribution in [2.45, 2.75) is 17.9 Å². The van der Waals surface area contributed by atoms with E-state index in [2.05, 4.69) is 5.32 Å². The van der Waals surface area contributed by atoms with Gasteiger partial charge in [-0.3, -0.25) is 4.79 Å². The van der Waals surface area contributed by atoms with Crippen molar-refractivity contribution in [3.05, 3.63) is 54.4 Å². The largest absolute Gasteiger partial charge is 0.353 e. The van der Waals surface area contributed by atoms with E-state index in [0.29, 0.717) is 13.1 Å². The molecule has 0 unspecified atom stereocenters. The van der Waals surface area contributed by atoms with Crippen LogP contribution in [0.4, 0.5) is 8.78 Å². The monoisotopic (exact) mass is 357 g/mol. The van der Waals surface area contributed by atoms with Gasteiger partial charge in [-0.15, -0.1) is 0 Å². The fourth-order valence-electron chi connectivity index (χ4n) is 1.96. The molecule has 2 N–H and O–H groups in total. The zero-order chi connectivity index (χ0) is 17.6. The van der Waals surface area contributed by atoms with Gasteiger partial charge in [-0.1, -0.05) is 0 Å². The van der Waals surface area contributed by atoms with E-state index in [1.165, 1.54) is 24.3 Å². The Morgan fingerprint density at radius 1 is 1.12 bits per heavy atom. The highest BCUT2D eigenvalue weighted by Crippen LogP contribution is 2.11. The van der Waals surface area contributed by atoms with Crippen LogP contribution in [0.25, 0.3) is 0 Å². The molecule has 0 radical (unpaired) electrons. The lowest BCUT2D eigenvalue weighted by atomic mass is 10.2. The van der Waals surface area contributed by atoms with Gasteiger partial charge in [-0.2, -0.15) is 0 Å². The number of carbonyl (C=O) groups excluding carboxylic acids is 1. The van der Waals surface area contributed by atoms with Gasteiger partial charge in [-0.05, 0) is 36.4 Å². The Morgan fingerprint density at radius 2 is 1.75 bits per heavy atom. The minimum atomic E-state index is -4.01. The van der Waals surface area contributed by atoms with Gasteiger partial charge in [0, 0.05) is 31.0 Å². The highest BCUT2D eigenvalue weighted by Gasteiger charge is 2.16. The van der Waals surface area contributed by atoms with Crippen LogP contribution in [-0.4, -0.2) is 38.4 Å². The number of rotatable bonds is 8. The normalized spacial score (nSPS) is 11.6. The Hall–Kier alpha value is -2.26. The van der Waals surface area contributed by atoms with Crippen molar-refractivity contribution in [1.29, 1.82) is 0 Å². The van der Waals surface area contributed by atoms with E-state index in [-0.39, 0.29) is 16.4 Å². The van der Waals surface area contributed by atoms with Crippen LogP contribution in [-0.2, 0) is 16.6 Å². The van der Waals surface area contributed by atoms with E-state index in [4.69, 9.17) is 0 Å². The Labute approximate surface area is 138 Å². The first-order chi connectivity index (χ1) is 11.4. The Balaban J connectivity index is 1.91. The Bertz CT molecular complexity index is 760. The maximum Gasteiger partial charge on any atom is 0.251 e. The molecule has 0 atom stereocenters. The maximum atomic E-state index is 12.1. The van der Waals surface area contributed by atoms with Gasteiger partial charge < -0.3 is 9.88 Å². The third kappa shape index (κ3) is 5.14. The standard InChI is InChI=1S/C15H17F2N3O3S/c16-14(17)11-19-24(22,23)13-5-3-12(4-6-13)15(21)18-7-10-20-8-1-2-9-20/h1-6,8-9,14,19H,7,10-11H2,(H,18,21). The molecule has 1 aromatic heterocycles. The second kappa shape index (κ2) is 8.02. The lowest BCUT2D eigenvalue weighted by Gasteiger charge is -2.08. The molecule has 0 aliphatic heterocycles. The molecule has 2 rings (SSSR count). The number of hydrogen-bond acceptors (Lipinski definition) is 3. The molecular formula is C15H17F2N3O3S. The molecule has 0 fully saturated rings. The van der Waals surface area contributed by atoms with Gasteiger partial charge >= 0.3 is 0 Å². The Kier molecular flexibility index (Phi) is 6.04. The van der Waals surface area contributed by atoms with Crippen LogP contribution in [0.15, 0.2) is 53.7 Å². The van der Waals surface area contributed by atoms with Crippen LogP contribution < -0.4 is 10.0 Å². The van der Waals surface area contributed by atoms with Crippen molar-refractivity contribution in [2.24, 2.45) is 0 Å². The van der Waals surface area contributed by atoms with Crippen LogP contribution >= 0.6 is 0 Å². The van der Waals surface area contributed by atoms with Gasteiger partial charge in [0.15, 0.2) is 0 Å². The first-order valence-electron chi connectivity index (χ1n) is 7.15. The second-order valence-electron chi connectivity index (χ2n) is 4.94. The second-order valence-corrected chi connectivity index (χ2v) is 6.71. The molecule has 0 saturated heterocycles. The van der Waals surface area contributed by atoms with Crippen LogP contribution in [0.1, 0.15) is 10.4 Å². The molecule has 130 valence electrons. The summed E-state index contributed by atoms with van der Waals surface area (Å²) in [7, 11) is -4.01. The summed E-state index contributed by atoms with van der Waals surface area (Å²) in [5.74, 6) is -0.341. The molecule has 0 spiro atoms. The summed E-state index contributed by atoms with van der Waals surface area (Å²) < 4.78 is 51.4. The van der Waals surface area contributed by atoms with Crippen LogP contribution in [0.3, 0.4) is 0 Å². The van der Waals surface area contributed by atoms with Gasteiger partial charge in [0.05, 0.1) is 11.4 Å². The minimum absolute atomic E-state index is 0.174. The number of amides is 1. The van der Waals surface area contributed by atoms with E-state index in [1.807, 2.05) is 29.1 Å². The van der Waals surface area contributed by atoms with Gasteiger partial charge in [0.1, 0.15) is 0 Å². The first-order valence-corrected chi connectivity index (χ1v) is 8.63. The van der Waals surface area contributed by atoms with Crippen molar-refractivity contribution in [3.63, 3.8) is 0 Å². The molecule has 9 heteroatoms. The number of sulfonamides is 1. The van der Waals surface area contributed by atoms with E-state index in [0.717, 1.165) is 0 Å². The summed E-state index contributed by atoms with van der Waals surface area (Å²) in [6.07, 6.45) is 0.973. The lowest BCUT2D eigenvalue weighted by Crippen LogP contribution is -2.29. The minimum Gasteiger partial charge on any atom is -0.353 e.